The molecule has 1 spiro atoms. The quantitative estimate of drug-likeness (QED) is 0.147. The fraction of sp³-hybridized carbons (Fsp3) is 0.0145. The molecule has 11 aromatic carbocycles. The first-order chi connectivity index (χ1) is 35.3. The first-order valence-corrected chi connectivity index (χ1v) is 25.3. The first kappa shape index (κ1) is 41.2. The molecule has 0 aliphatic heterocycles. The van der Waals surface area contributed by atoms with Gasteiger partial charge in [0.25, 0.3) is 0 Å². The summed E-state index contributed by atoms with van der Waals surface area (Å²) in [7, 11) is 0. The Bertz CT molecular complexity index is 3870. The number of thiophene rings is 1. The van der Waals surface area contributed by atoms with Crippen molar-refractivity contribution in [2.75, 3.05) is 4.90 Å². The molecule has 14 rings (SSSR count). The highest BCUT2D eigenvalue weighted by molar-refractivity contribution is 7.19. The second kappa shape index (κ2) is 16.7. The third-order valence-corrected chi connectivity index (χ3v) is 16.2. The Morgan fingerprint density at radius 2 is 0.690 bits per heavy atom. The van der Waals surface area contributed by atoms with E-state index in [0.29, 0.717) is 0 Å². The van der Waals surface area contributed by atoms with Gasteiger partial charge in [-0.25, -0.2) is 0 Å². The van der Waals surface area contributed by atoms with Crippen LogP contribution in [0.25, 0.3) is 87.3 Å². The van der Waals surface area contributed by atoms with Gasteiger partial charge in [0.05, 0.1) is 11.1 Å². The van der Waals surface area contributed by atoms with Crippen LogP contribution < -0.4 is 4.90 Å². The third kappa shape index (κ3) is 6.39. The summed E-state index contributed by atoms with van der Waals surface area (Å²) in [6.45, 7) is 0. The number of benzene rings is 11. The van der Waals surface area contributed by atoms with Crippen LogP contribution in [0.15, 0.2) is 273 Å². The summed E-state index contributed by atoms with van der Waals surface area (Å²) in [4.78, 5) is 5.07. The molecule has 12 aromatic rings. The van der Waals surface area contributed by atoms with Crippen molar-refractivity contribution < 1.29 is 0 Å². The molecule has 2 heteroatoms. The summed E-state index contributed by atoms with van der Waals surface area (Å²) in [5.74, 6) is 0. The molecule has 71 heavy (non-hydrogen) atoms. The highest BCUT2D eigenvalue weighted by Crippen LogP contribution is 2.69. The van der Waals surface area contributed by atoms with Crippen LogP contribution in [0.2, 0.25) is 0 Å². The minimum absolute atomic E-state index is 0.587. The number of hydrogen-bond acceptors (Lipinski definition) is 2. The van der Waals surface area contributed by atoms with Gasteiger partial charge in [-0.2, -0.15) is 0 Å². The van der Waals surface area contributed by atoms with Crippen molar-refractivity contribution in [1.82, 2.24) is 0 Å². The average molecular weight is 920 g/mol. The van der Waals surface area contributed by atoms with Crippen molar-refractivity contribution in [2.45, 2.75) is 5.41 Å². The summed E-state index contributed by atoms with van der Waals surface area (Å²) in [5.41, 5.74) is 23.2. The Morgan fingerprint density at radius 1 is 0.268 bits per heavy atom. The predicted octanol–water partition coefficient (Wildman–Crippen LogP) is 19.0. The zero-order valence-corrected chi connectivity index (χ0v) is 39.7. The maximum absolute atomic E-state index is 2.44. The first-order valence-electron chi connectivity index (χ1n) is 24.5. The fourth-order valence-electron chi connectivity index (χ4n) is 11.9. The Kier molecular flexibility index (Phi) is 9.69. The van der Waals surface area contributed by atoms with Gasteiger partial charge in [-0.1, -0.05) is 243 Å². The predicted molar refractivity (Wildman–Crippen MR) is 300 cm³/mol. The van der Waals surface area contributed by atoms with Crippen LogP contribution in [0.1, 0.15) is 22.3 Å². The molecule has 0 saturated heterocycles. The van der Waals surface area contributed by atoms with E-state index in [1.807, 2.05) is 11.3 Å². The molecule has 0 amide bonds. The molecule has 1 heterocycles. The van der Waals surface area contributed by atoms with Crippen molar-refractivity contribution in [2.24, 2.45) is 0 Å². The van der Waals surface area contributed by atoms with Gasteiger partial charge in [-0.05, 0) is 119 Å². The Balaban J connectivity index is 1.01. The van der Waals surface area contributed by atoms with Crippen LogP contribution in [-0.2, 0) is 5.41 Å². The van der Waals surface area contributed by atoms with Gasteiger partial charge in [-0.15, -0.1) is 11.3 Å². The maximum atomic E-state index is 2.44. The summed E-state index contributed by atoms with van der Waals surface area (Å²) in [6, 6.07) is 101. The van der Waals surface area contributed by atoms with Crippen molar-refractivity contribution in [3.05, 3.63) is 295 Å². The zero-order chi connectivity index (χ0) is 46.9. The second-order valence-corrected chi connectivity index (χ2v) is 19.7. The van der Waals surface area contributed by atoms with E-state index in [0.717, 1.165) is 17.1 Å². The second-order valence-electron chi connectivity index (χ2n) is 18.7. The molecule has 1 unspecified atom stereocenters. The van der Waals surface area contributed by atoms with Crippen molar-refractivity contribution in [1.29, 1.82) is 0 Å². The molecule has 0 fully saturated rings. The molecule has 332 valence electrons. The van der Waals surface area contributed by atoms with Crippen molar-refractivity contribution >= 4 is 39.2 Å². The topological polar surface area (TPSA) is 3.24 Å². The van der Waals surface area contributed by atoms with E-state index in [1.54, 1.807) is 0 Å². The van der Waals surface area contributed by atoms with E-state index < -0.39 is 5.41 Å². The molecule has 1 nitrogen and oxygen atoms in total. The Morgan fingerprint density at radius 3 is 1.27 bits per heavy atom. The number of anilines is 3. The Hall–Kier alpha value is -8.82. The number of nitrogens with zero attached hydrogens (tertiary/aromatic N) is 1. The lowest BCUT2D eigenvalue weighted by atomic mass is 9.68. The van der Waals surface area contributed by atoms with E-state index in [2.05, 4.69) is 278 Å². The molecular weight excluding hydrogens is 875 g/mol. The lowest BCUT2D eigenvalue weighted by Crippen LogP contribution is -2.27. The summed E-state index contributed by atoms with van der Waals surface area (Å²) >= 11 is 1.94. The van der Waals surface area contributed by atoms with Crippen molar-refractivity contribution in [3.8, 4) is 76.5 Å². The summed E-state index contributed by atoms with van der Waals surface area (Å²) < 4.78 is 0. The molecule has 1 aromatic heterocycles. The SMILES string of the molecule is c1ccc(-c2ccc(N(c3ccc(-c4ccccc4)cc3)c3ccc(-c4cccc5c4C4(c6ccccc6-5)c5ccccc5-c5c(-c6ccccc6)sc(-c6ccccc6)c54)c4ccccc34)cc2)cc1. The van der Waals surface area contributed by atoms with E-state index in [-0.39, 0.29) is 0 Å². The van der Waals surface area contributed by atoms with Crippen molar-refractivity contribution in [3.63, 3.8) is 0 Å². The maximum Gasteiger partial charge on any atom is 0.0746 e. The van der Waals surface area contributed by atoms with Crippen LogP contribution in [0, 0.1) is 0 Å². The van der Waals surface area contributed by atoms with Crippen LogP contribution >= 0.6 is 11.3 Å². The minimum Gasteiger partial charge on any atom is -0.310 e. The van der Waals surface area contributed by atoms with Crippen LogP contribution in [0.5, 0.6) is 0 Å². The van der Waals surface area contributed by atoms with Gasteiger partial charge < -0.3 is 4.90 Å². The summed E-state index contributed by atoms with van der Waals surface area (Å²) in [6.07, 6.45) is 0. The standard InChI is InChI=1S/C69H45NS/c1-5-20-46(21-6-1)48-36-40-52(41-37-48)70(53-42-38-49(39-43-53)47-22-7-2-8-23-47)63-45-44-55(54-28-13-14-30-57(54)63)58-32-19-33-59-56-29-15-17-34-61(56)69(65(58)59)62-35-18-16-31-60(62)64-66(69)68(51-26-11-4-12-27-51)71-67(64)50-24-9-3-10-25-50/h1-45H. The molecule has 1 atom stereocenters. The average Bonchev–Trinajstić information content (AvgIpc) is 4.10. The lowest BCUT2D eigenvalue weighted by Gasteiger charge is -2.33. The highest BCUT2D eigenvalue weighted by Gasteiger charge is 2.55. The van der Waals surface area contributed by atoms with Gasteiger partial charge in [0.15, 0.2) is 0 Å². The van der Waals surface area contributed by atoms with E-state index >= 15 is 0 Å². The van der Waals surface area contributed by atoms with Gasteiger partial charge in [-0.3, -0.25) is 0 Å². The minimum atomic E-state index is -0.587. The molecule has 0 bridgehead atoms. The highest BCUT2D eigenvalue weighted by atomic mass is 32.1. The third-order valence-electron chi connectivity index (χ3n) is 14.9. The van der Waals surface area contributed by atoms with Crippen LogP contribution in [-0.4, -0.2) is 0 Å². The van der Waals surface area contributed by atoms with E-state index in [4.69, 9.17) is 0 Å². The molecule has 2 aliphatic carbocycles. The van der Waals surface area contributed by atoms with E-state index in [1.165, 1.54) is 110 Å². The van der Waals surface area contributed by atoms with Gasteiger partial charge in [0.2, 0.25) is 0 Å². The van der Waals surface area contributed by atoms with Crippen LogP contribution in [0.3, 0.4) is 0 Å². The summed E-state index contributed by atoms with van der Waals surface area (Å²) in [5, 5.41) is 2.40. The number of fused-ring (bicyclic) bond motifs is 11. The zero-order valence-electron chi connectivity index (χ0n) is 38.8. The lowest BCUT2D eigenvalue weighted by molar-refractivity contribution is 0.801. The van der Waals surface area contributed by atoms with Crippen LogP contribution in [0.4, 0.5) is 17.1 Å². The fourth-order valence-corrected chi connectivity index (χ4v) is 13.3. The molecular formula is C69H45NS. The Labute approximate surface area is 418 Å². The number of rotatable bonds is 8. The van der Waals surface area contributed by atoms with Gasteiger partial charge in [0.1, 0.15) is 0 Å². The smallest absolute Gasteiger partial charge is 0.0746 e. The van der Waals surface area contributed by atoms with E-state index in [9.17, 15) is 0 Å². The van der Waals surface area contributed by atoms with Gasteiger partial charge >= 0.3 is 0 Å². The normalized spacial score (nSPS) is 14.0. The number of hydrogen-bond donors (Lipinski definition) is 0. The van der Waals surface area contributed by atoms with Gasteiger partial charge in [0, 0.05) is 32.1 Å². The molecule has 0 radical (unpaired) electrons. The monoisotopic (exact) mass is 919 g/mol. The largest absolute Gasteiger partial charge is 0.310 e. The molecule has 0 saturated carbocycles. The molecule has 2 aliphatic rings. The molecule has 0 N–H and O–H groups in total.